The topological polar surface area (TPSA) is 50.1 Å². The molecule has 0 fully saturated rings. The minimum atomic E-state index is -4.46. The van der Waals surface area contributed by atoms with Gasteiger partial charge < -0.3 is 10.1 Å². The maximum atomic E-state index is 12.5. The van der Waals surface area contributed by atoms with Gasteiger partial charge in [0.2, 0.25) is 0 Å². The Labute approximate surface area is 151 Å². The number of hydrogen-bond acceptors (Lipinski definition) is 4. The molecular weight excluding hydrogens is 363 g/mol. The van der Waals surface area contributed by atoms with Crippen LogP contribution in [-0.2, 0) is 10.9 Å². The van der Waals surface area contributed by atoms with Gasteiger partial charge in [0.25, 0.3) is 0 Å². The lowest BCUT2D eigenvalue weighted by Crippen LogP contribution is -2.14. The van der Waals surface area contributed by atoms with Gasteiger partial charge in [0.05, 0.1) is 21.7 Å². The Kier molecular flexibility index (Phi) is 4.82. The number of benzene rings is 2. The van der Waals surface area contributed by atoms with Gasteiger partial charge in [-0.2, -0.15) is 13.2 Å². The fourth-order valence-corrected chi connectivity index (χ4v) is 3.69. The number of nitrogens with one attached hydrogen (secondary N) is 1. The maximum absolute atomic E-state index is 12.5. The molecule has 3 nitrogen and oxygen atoms in total. The van der Waals surface area contributed by atoms with E-state index in [2.05, 4.69) is 0 Å². The van der Waals surface area contributed by atoms with Gasteiger partial charge in [-0.3, -0.25) is 0 Å². The van der Waals surface area contributed by atoms with E-state index in [1.165, 1.54) is 11.3 Å². The van der Waals surface area contributed by atoms with E-state index in [0.29, 0.717) is 0 Å². The smallest absolute Gasteiger partial charge is 0.416 e. The molecule has 0 saturated heterocycles. The highest BCUT2D eigenvalue weighted by molar-refractivity contribution is 7.21. The number of carbonyl (C=O) groups is 1. The van der Waals surface area contributed by atoms with E-state index < -0.39 is 17.7 Å². The normalized spacial score (nSPS) is 11.5. The van der Waals surface area contributed by atoms with Crippen LogP contribution < -0.4 is 0 Å². The molecule has 0 atom stereocenters. The summed E-state index contributed by atoms with van der Waals surface area (Å²) in [5.74, 6) is -0.762. The van der Waals surface area contributed by atoms with Crippen LogP contribution in [0.3, 0.4) is 0 Å². The number of halogens is 3. The first kappa shape index (κ1) is 18.1. The van der Waals surface area contributed by atoms with Crippen LogP contribution in [0.2, 0.25) is 0 Å². The average molecular weight is 377 g/mol. The Bertz CT molecular complexity index is 975. The second kappa shape index (κ2) is 6.92. The summed E-state index contributed by atoms with van der Waals surface area (Å²) in [7, 11) is 0. The number of aryl methyl sites for hydroxylation is 1. The van der Waals surface area contributed by atoms with E-state index in [0.717, 1.165) is 44.8 Å². The molecule has 0 aliphatic rings. The molecule has 1 aromatic heterocycles. The van der Waals surface area contributed by atoms with Crippen molar-refractivity contribution in [3.63, 3.8) is 0 Å². The van der Waals surface area contributed by atoms with Crippen LogP contribution in [0.1, 0.15) is 26.4 Å². The van der Waals surface area contributed by atoms with Crippen molar-refractivity contribution in [2.75, 3.05) is 6.61 Å². The van der Waals surface area contributed by atoms with Crippen molar-refractivity contribution in [3.05, 3.63) is 70.1 Å². The van der Waals surface area contributed by atoms with Crippen LogP contribution >= 0.6 is 11.3 Å². The molecule has 2 aromatic carbocycles. The third-order valence-corrected chi connectivity index (χ3v) is 5.25. The van der Waals surface area contributed by atoms with Crippen LogP contribution in [0.15, 0.2) is 48.5 Å². The summed E-state index contributed by atoms with van der Waals surface area (Å²) < 4.78 is 43.8. The Morgan fingerprint density at radius 3 is 2.38 bits per heavy atom. The molecule has 7 heteroatoms. The molecule has 1 N–H and O–H groups in total. The fourth-order valence-electron chi connectivity index (χ4n) is 2.54. The fraction of sp³-hybridized carbons (Fsp3) is 0.158. The number of ether oxygens (including phenoxy) is 1. The Morgan fingerprint density at radius 1 is 1.12 bits per heavy atom. The van der Waals surface area contributed by atoms with Crippen molar-refractivity contribution < 1.29 is 22.7 Å². The summed E-state index contributed by atoms with van der Waals surface area (Å²) in [6, 6.07) is 11.6. The number of esters is 1. The molecule has 3 aromatic rings. The molecule has 0 radical (unpaired) electrons. The lowest BCUT2D eigenvalue weighted by atomic mass is 10.1. The van der Waals surface area contributed by atoms with Gasteiger partial charge in [-0.15, -0.1) is 11.3 Å². The summed E-state index contributed by atoms with van der Waals surface area (Å²) in [6.07, 6.45) is -4.46. The zero-order valence-electron chi connectivity index (χ0n) is 13.7. The highest BCUT2D eigenvalue weighted by atomic mass is 32.1. The quantitative estimate of drug-likeness (QED) is 0.485. The van der Waals surface area contributed by atoms with Crippen molar-refractivity contribution in [1.82, 2.24) is 0 Å². The van der Waals surface area contributed by atoms with Gasteiger partial charge in [-0.25, -0.2) is 4.79 Å². The summed E-state index contributed by atoms with van der Waals surface area (Å²) in [5, 5.41) is 9.21. The van der Waals surface area contributed by atoms with Gasteiger partial charge in [-0.05, 0) is 48.2 Å². The van der Waals surface area contributed by atoms with E-state index in [9.17, 15) is 18.0 Å². The molecular formula is C19H14F3NO2S. The molecule has 26 heavy (non-hydrogen) atoms. The van der Waals surface area contributed by atoms with Crippen molar-refractivity contribution in [2.45, 2.75) is 13.1 Å². The van der Waals surface area contributed by atoms with E-state index in [1.54, 1.807) is 0 Å². The molecule has 134 valence electrons. The molecule has 1 heterocycles. The van der Waals surface area contributed by atoms with Gasteiger partial charge in [-0.1, -0.05) is 18.2 Å². The van der Waals surface area contributed by atoms with E-state index in [1.807, 2.05) is 31.2 Å². The Balaban J connectivity index is 1.69. The van der Waals surface area contributed by atoms with Gasteiger partial charge in [0, 0.05) is 4.70 Å². The number of hydrogen-bond donors (Lipinski definition) is 1. The van der Waals surface area contributed by atoms with Crippen LogP contribution in [-0.4, -0.2) is 18.3 Å². The second-order valence-electron chi connectivity index (χ2n) is 5.68. The number of carbonyl (C=O) groups excluding carboxylic acids is 1. The van der Waals surface area contributed by atoms with E-state index >= 15 is 0 Å². The zero-order chi connectivity index (χ0) is 18.9. The minimum absolute atomic E-state index is 0.0128. The van der Waals surface area contributed by atoms with E-state index in [4.69, 9.17) is 10.1 Å². The third-order valence-electron chi connectivity index (χ3n) is 3.91. The van der Waals surface area contributed by atoms with Crippen LogP contribution in [0.5, 0.6) is 0 Å². The first-order valence-corrected chi connectivity index (χ1v) is 8.49. The number of alkyl halides is 3. The van der Waals surface area contributed by atoms with Crippen molar-refractivity contribution in [1.29, 1.82) is 5.41 Å². The van der Waals surface area contributed by atoms with Crippen molar-refractivity contribution >= 4 is 33.1 Å². The summed E-state index contributed by atoms with van der Waals surface area (Å²) >= 11 is 1.44. The van der Waals surface area contributed by atoms with Crippen LogP contribution in [0.4, 0.5) is 13.2 Å². The van der Waals surface area contributed by atoms with Crippen LogP contribution in [0.25, 0.3) is 10.1 Å². The largest absolute Gasteiger partial charge is 0.456 e. The molecule has 0 unspecified atom stereocenters. The Morgan fingerprint density at radius 2 is 1.77 bits per heavy atom. The third kappa shape index (κ3) is 3.62. The molecule has 0 bridgehead atoms. The standard InChI is InChI=1S/C19H14F3NO2S/c1-11-14-4-2-3-5-16(14)26-17(11)15(23)10-25-18(24)12-6-8-13(9-7-12)19(20,21)22/h2-9,23H,10H2,1H3. The van der Waals surface area contributed by atoms with Crippen LogP contribution in [0, 0.1) is 12.3 Å². The molecule has 0 aliphatic heterocycles. The SMILES string of the molecule is Cc1c(C(=N)COC(=O)c2ccc(C(F)(F)F)cc2)sc2ccccc12. The highest BCUT2D eigenvalue weighted by Crippen LogP contribution is 2.31. The molecule has 0 amide bonds. The van der Waals surface area contributed by atoms with E-state index in [-0.39, 0.29) is 17.9 Å². The molecule has 3 rings (SSSR count). The van der Waals surface area contributed by atoms with Crippen molar-refractivity contribution in [3.8, 4) is 0 Å². The van der Waals surface area contributed by atoms with Gasteiger partial charge >= 0.3 is 12.1 Å². The molecule has 0 aliphatic carbocycles. The van der Waals surface area contributed by atoms with Gasteiger partial charge in [0.1, 0.15) is 6.61 Å². The lowest BCUT2D eigenvalue weighted by molar-refractivity contribution is -0.137. The maximum Gasteiger partial charge on any atom is 0.416 e. The highest BCUT2D eigenvalue weighted by Gasteiger charge is 2.30. The predicted octanol–water partition coefficient (Wildman–Crippen LogP) is 5.45. The monoisotopic (exact) mass is 377 g/mol. The summed E-state index contributed by atoms with van der Waals surface area (Å²) in [4.78, 5) is 12.7. The lowest BCUT2D eigenvalue weighted by Gasteiger charge is -2.08. The summed E-state index contributed by atoms with van der Waals surface area (Å²) in [5.41, 5.74) is 0.284. The number of rotatable bonds is 4. The predicted molar refractivity (Wildman–Crippen MR) is 95.1 cm³/mol. The zero-order valence-corrected chi connectivity index (χ0v) is 14.5. The number of thiophene rings is 1. The Hall–Kier alpha value is -2.67. The molecule has 0 spiro atoms. The first-order chi connectivity index (χ1) is 12.3. The van der Waals surface area contributed by atoms with Crippen molar-refractivity contribution in [2.24, 2.45) is 0 Å². The molecule has 0 saturated carbocycles. The van der Waals surface area contributed by atoms with Gasteiger partial charge in [0.15, 0.2) is 0 Å². The average Bonchev–Trinajstić information content (AvgIpc) is 2.96. The first-order valence-electron chi connectivity index (χ1n) is 7.67. The number of fused-ring (bicyclic) bond motifs is 1. The minimum Gasteiger partial charge on any atom is -0.456 e. The summed E-state index contributed by atoms with van der Waals surface area (Å²) in [6.45, 7) is 1.66. The second-order valence-corrected chi connectivity index (χ2v) is 6.73.